The molecule has 2 aromatic rings. The van der Waals surface area contributed by atoms with Crippen LogP contribution in [0.15, 0.2) is 43.1 Å². The molecule has 0 spiro atoms. The van der Waals surface area contributed by atoms with Crippen molar-refractivity contribution in [1.82, 2.24) is 4.57 Å². The minimum atomic E-state index is 0.0927. The molecule has 2 heteroatoms. The van der Waals surface area contributed by atoms with Crippen LogP contribution in [0.25, 0.3) is 10.9 Å². The van der Waals surface area contributed by atoms with Crippen LogP contribution in [-0.2, 0) is 13.2 Å². The first kappa shape index (κ1) is 9.03. The summed E-state index contributed by atoms with van der Waals surface area (Å²) in [5.74, 6) is 0. The van der Waals surface area contributed by atoms with Gasteiger partial charge in [-0.3, -0.25) is 0 Å². The van der Waals surface area contributed by atoms with E-state index in [-0.39, 0.29) is 6.61 Å². The number of allylic oxidation sites excluding steroid dienone is 1. The summed E-state index contributed by atoms with van der Waals surface area (Å²) in [6.45, 7) is 4.61. The van der Waals surface area contributed by atoms with Gasteiger partial charge < -0.3 is 9.67 Å². The van der Waals surface area contributed by atoms with Crippen molar-refractivity contribution in [2.45, 2.75) is 13.2 Å². The molecule has 0 saturated heterocycles. The van der Waals surface area contributed by atoms with Gasteiger partial charge in [0.15, 0.2) is 0 Å². The van der Waals surface area contributed by atoms with Gasteiger partial charge in [-0.15, -0.1) is 6.58 Å². The first-order valence-electron chi connectivity index (χ1n) is 4.65. The van der Waals surface area contributed by atoms with Crippen LogP contribution in [0, 0.1) is 0 Å². The lowest BCUT2D eigenvalue weighted by Crippen LogP contribution is -1.92. The lowest BCUT2D eigenvalue weighted by molar-refractivity contribution is 0.283. The van der Waals surface area contributed by atoms with Crippen molar-refractivity contribution in [2.75, 3.05) is 0 Å². The van der Waals surface area contributed by atoms with E-state index in [1.807, 2.05) is 30.5 Å². The molecule has 72 valence electrons. The van der Waals surface area contributed by atoms with Gasteiger partial charge in [-0.05, 0) is 17.7 Å². The van der Waals surface area contributed by atoms with Gasteiger partial charge >= 0.3 is 0 Å². The van der Waals surface area contributed by atoms with Crippen molar-refractivity contribution < 1.29 is 5.11 Å². The molecule has 0 amide bonds. The second-order valence-electron chi connectivity index (χ2n) is 3.26. The Kier molecular flexibility index (Phi) is 2.37. The standard InChI is InChI=1S/C12H13NO/c1-2-7-13-8-6-11-10(9-14)4-3-5-12(11)13/h2-6,8,14H,1,7,9H2. The van der Waals surface area contributed by atoms with Crippen LogP contribution in [0.5, 0.6) is 0 Å². The number of aliphatic hydroxyl groups excluding tert-OH is 1. The van der Waals surface area contributed by atoms with Gasteiger partial charge in [0.1, 0.15) is 0 Å². The van der Waals surface area contributed by atoms with Crippen molar-refractivity contribution in [3.63, 3.8) is 0 Å². The molecular formula is C12H13NO. The van der Waals surface area contributed by atoms with E-state index in [0.29, 0.717) is 0 Å². The summed E-state index contributed by atoms with van der Waals surface area (Å²) in [7, 11) is 0. The molecular weight excluding hydrogens is 174 g/mol. The largest absolute Gasteiger partial charge is 0.392 e. The Hall–Kier alpha value is -1.54. The minimum Gasteiger partial charge on any atom is -0.392 e. The van der Waals surface area contributed by atoms with E-state index in [4.69, 9.17) is 5.11 Å². The zero-order valence-electron chi connectivity index (χ0n) is 7.98. The number of rotatable bonds is 3. The fourth-order valence-electron chi connectivity index (χ4n) is 1.72. The smallest absolute Gasteiger partial charge is 0.0688 e. The third-order valence-corrected chi connectivity index (χ3v) is 2.40. The molecule has 2 rings (SSSR count). The van der Waals surface area contributed by atoms with Gasteiger partial charge in [0.2, 0.25) is 0 Å². The van der Waals surface area contributed by atoms with E-state index >= 15 is 0 Å². The Morgan fingerprint density at radius 3 is 2.93 bits per heavy atom. The van der Waals surface area contributed by atoms with Gasteiger partial charge in [0.25, 0.3) is 0 Å². The van der Waals surface area contributed by atoms with Gasteiger partial charge in [0.05, 0.1) is 6.61 Å². The Balaban J connectivity index is 2.63. The Labute approximate surface area is 83.1 Å². The molecule has 0 bridgehead atoms. The summed E-state index contributed by atoms with van der Waals surface area (Å²) >= 11 is 0. The molecule has 0 aliphatic rings. The van der Waals surface area contributed by atoms with Gasteiger partial charge in [-0.2, -0.15) is 0 Å². The molecule has 1 aromatic heterocycles. The molecule has 14 heavy (non-hydrogen) atoms. The maximum atomic E-state index is 9.15. The SMILES string of the molecule is C=CCn1ccc2c(CO)cccc21. The highest BCUT2D eigenvalue weighted by atomic mass is 16.3. The normalized spacial score (nSPS) is 10.6. The molecule has 0 aliphatic heterocycles. The summed E-state index contributed by atoms with van der Waals surface area (Å²) in [5, 5.41) is 10.3. The number of aromatic nitrogens is 1. The zero-order valence-corrected chi connectivity index (χ0v) is 7.98. The third kappa shape index (κ3) is 1.34. The van der Waals surface area contributed by atoms with Crippen LogP contribution >= 0.6 is 0 Å². The van der Waals surface area contributed by atoms with Gasteiger partial charge in [0, 0.05) is 23.6 Å². The van der Waals surface area contributed by atoms with E-state index in [0.717, 1.165) is 23.0 Å². The second kappa shape index (κ2) is 3.68. The number of hydrogen-bond acceptors (Lipinski definition) is 1. The molecule has 1 aromatic carbocycles. The summed E-state index contributed by atoms with van der Waals surface area (Å²) in [5.41, 5.74) is 2.13. The molecule has 0 radical (unpaired) electrons. The van der Waals surface area contributed by atoms with E-state index in [9.17, 15) is 0 Å². The zero-order chi connectivity index (χ0) is 9.97. The van der Waals surface area contributed by atoms with Crippen LogP contribution < -0.4 is 0 Å². The predicted molar refractivity (Wildman–Crippen MR) is 58.1 cm³/mol. The number of fused-ring (bicyclic) bond motifs is 1. The van der Waals surface area contributed by atoms with Crippen molar-refractivity contribution in [1.29, 1.82) is 0 Å². The third-order valence-electron chi connectivity index (χ3n) is 2.40. The van der Waals surface area contributed by atoms with E-state index < -0.39 is 0 Å². The first-order valence-corrected chi connectivity index (χ1v) is 4.65. The average Bonchev–Trinajstić information content (AvgIpc) is 2.62. The first-order chi connectivity index (χ1) is 6.86. The van der Waals surface area contributed by atoms with Crippen LogP contribution in [-0.4, -0.2) is 9.67 Å². The van der Waals surface area contributed by atoms with Crippen molar-refractivity contribution >= 4 is 10.9 Å². The minimum absolute atomic E-state index is 0.0927. The highest BCUT2D eigenvalue weighted by Gasteiger charge is 2.02. The predicted octanol–water partition coefficient (Wildman–Crippen LogP) is 2.32. The molecule has 2 nitrogen and oxygen atoms in total. The van der Waals surface area contributed by atoms with Crippen molar-refractivity contribution in [3.05, 3.63) is 48.7 Å². The second-order valence-corrected chi connectivity index (χ2v) is 3.26. The lowest BCUT2D eigenvalue weighted by Gasteiger charge is -2.02. The van der Waals surface area contributed by atoms with E-state index in [1.165, 1.54) is 0 Å². The highest BCUT2D eigenvalue weighted by molar-refractivity contribution is 5.83. The molecule has 0 atom stereocenters. The van der Waals surface area contributed by atoms with Gasteiger partial charge in [-0.1, -0.05) is 18.2 Å². The Morgan fingerprint density at radius 1 is 1.36 bits per heavy atom. The number of aliphatic hydroxyl groups is 1. The van der Waals surface area contributed by atoms with Crippen LogP contribution in [0.1, 0.15) is 5.56 Å². The lowest BCUT2D eigenvalue weighted by atomic mass is 10.1. The topological polar surface area (TPSA) is 25.2 Å². The Bertz CT molecular complexity index is 456. The van der Waals surface area contributed by atoms with E-state index in [1.54, 1.807) is 0 Å². The highest BCUT2D eigenvalue weighted by Crippen LogP contribution is 2.20. The van der Waals surface area contributed by atoms with Crippen molar-refractivity contribution in [2.24, 2.45) is 0 Å². The summed E-state index contributed by atoms with van der Waals surface area (Å²) in [4.78, 5) is 0. The summed E-state index contributed by atoms with van der Waals surface area (Å²) in [6, 6.07) is 8.00. The molecule has 1 N–H and O–H groups in total. The van der Waals surface area contributed by atoms with Crippen LogP contribution in [0.2, 0.25) is 0 Å². The maximum absolute atomic E-state index is 9.15. The Morgan fingerprint density at radius 2 is 2.21 bits per heavy atom. The molecule has 1 heterocycles. The van der Waals surface area contributed by atoms with Gasteiger partial charge in [-0.25, -0.2) is 0 Å². The molecule has 0 saturated carbocycles. The monoisotopic (exact) mass is 187 g/mol. The average molecular weight is 187 g/mol. The molecule has 0 fully saturated rings. The molecule has 0 unspecified atom stereocenters. The fraction of sp³-hybridized carbons (Fsp3) is 0.167. The van der Waals surface area contributed by atoms with Crippen LogP contribution in [0.3, 0.4) is 0 Å². The molecule has 0 aliphatic carbocycles. The maximum Gasteiger partial charge on any atom is 0.0688 e. The fourth-order valence-corrected chi connectivity index (χ4v) is 1.72. The number of hydrogen-bond donors (Lipinski definition) is 1. The summed E-state index contributed by atoms with van der Waals surface area (Å²) < 4.78 is 2.11. The van der Waals surface area contributed by atoms with Crippen LogP contribution in [0.4, 0.5) is 0 Å². The van der Waals surface area contributed by atoms with E-state index in [2.05, 4.69) is 17.2 Å². The van der Waals surface area contributed by atoms with Crippen molar-refractivity contribution in [3.8, 4) is 0 Å². The quantitative estimate of drug-likeness (QED) is 0.733. The number of nitrogens with zero attached hydrogens (tertiary/aromatic N) is 1. The summed E-state index contributed by atoms with van der Waals surface area (Å²) in [6.07, 6.45) is 3.89. The number of benzene rings is 1.